The van der Waals surface area contributed by atoms with Crippen molar-refractivity contribution in [3.8, 4) is 0 Å². The summed E-state index contributed by atoms with van der Waals surface area (Å²) in [6.07, 6.45) is -0.160. The summed E-state index contributed by atoms with van der Waals surface area (Å²) >= 11 is 0. The Bertz CT molecular complexity index is 559. The van der Waals surface area contributed by atoms with E-state index in [4.69, 9.17) is 15.2 Å². The van der Waals surface area contributed by atoms with Gasteiger partial charge in [0.05, 0.1) is 0 Å². The van der Waals surface area contributed by atoms with Crippen molar-refractivity contribution in [3.05, 3.63) is 35.9 Å². The van der Waals surface area contributed by atoms with Crippen LogP contribution in [-0.4, -0.2) is 41.2 Å². The average molecular weight is 357 g/mol. The molecule has 0 unspecified atom stereocenters. The van der Waals surface area contributed by atoms with Gasteiger partial charge >= 0.3 is 12.1 Å². The predicted octanol–water partition coefficient (Wildman–Crippen LogP) is 2.49. The number of nitrogens with two attached hydrogens (primary N) is 1. The van der Waals surface area contributed by atoms with Crippen molar-refractivity contribution in [2.75, 3.05) is 6.54 Å². The van der Waals surface area contributed by atoms with E-state index in [1.807, 2.05) is 30.3 Å². The average Bonchev–Trinajstić information content (AvgIpc) is 2.86. The minimum Gasteiger partial charge on any atom is -0.458 e. The largest absolute Gasteiger partial charge is 0.458 e. The Kier molecular flexibility index (Phi) is 7.05. The third-order valence-electron chi connectivity index (χ3n) is 3.45. The molecule has 1 amide bonds. The van der Waals surface area contributed by atoms with Gasteiger partial charge in [-0.2, -0.15) is 0 Å². The minimum absolute atomic E-state index is 0. The third kappa shape index (κ3) is 5.69. The molecule has 1 fully saturated rings. The Hall–Kier alpha value is -1.79. The first-order chi connectivity index (χ1) is 10.8. The molecule has 2 atom stereocenters. The summed E-state index contributed by atoms with van der Waals surface area (Å²) < 4.78 is 10.7. The van der Waals surface area contributed by atoms with Gasteiger partial charge < -0.3 is 15.2 Å². The molecule has 7 heteroatoms. The monoisotopic (exact) mass is 356 g/mol. The molecule has 1 aliphatic heterocycles. The quantitative estimate of drug-likeness (QED) is 0.841. The molecule has 134 valence electrons. The Morgan fingerprint density at radius 1 is 1.25 bits per heavy atom. The van der Waals surface area contributed by atoms with E-state index < -0.39 is 23.7 Å². The van der Waals surface area contributed by atoms with Crippen molar-refractivity contribution < 1.29 is 19.1 Å². The molecule has 0 aromatic heterocycles. The number of esters is 1. The SMILES string of the molecule is CC(C)(C)OC(=O)[C@@H]1C[C@H](N)CN1C(=O)OCc1ccccc1.Cl. The lowest BCUT2D eigenvalue weighted by Crippen LogP contribution is -2.43. The van der Waals surface area contributed by atoms with Crippen molar-refractivity contribution in [2.45, 2.75) is 51.5 Å². The van der Waals surface area contributed by atoms with Crippen LogP contribution in [0.1, 0.15) is 32.8 Å². The lowest BCUT2D eigenvalue weighted by Gasteiger charge is -2.26. The van der Waals surface area contributed by atoms with E-state index in [2.05, 4.69) is 0 Å². The maximum Gasteiger partial charge on any atom is 0.410 e. The van der Waals surface area contributed by atoms with Gasteiger partial charge in [0.25, 0.3) is 0 Å². The van der Waals surface area contributed by atoms with Crippen LogP contribution in [0.15, 0.2) is 30.3 Å². The summed E-state index contributed by atoms with van der Waals surface area (Å²) in [6, 6.07) is 8.44. The zero-order chi connectivity index (χ0) is 17.0. The van der Waals surface area contributed by atoms with Gasteiger partial charge in [0.15, 0.2) is 0 Å². The summed E-state index contributed by atoms with van der Waals surface area (Å²) in [5.41, 5.74) is 6.18. The van der Waals surface area contributed by atoms with E-state index in [1.54, 1.807) is 20.8 Å². The first-order valence-corrected chi connectivity index (χ1v) is 7.72. The summed E-state index contributed by atoms with van der Waals surface area (Å²) in [6.45, 7) is 5.82. The maximum absolute atomic E-state index is 12.3. The topological polar surface area (TPSA) is 81.9 Å². The fraction of sp³-hybridized carbons (Fsp3) is 0.529. The lowest BCUT2D eigenvalue weighted by molar-refractivity contribution is -0.159. The highest BCUT2D eigenvalue weighted by Gasteiger charge is 2.41. The highest BCUT2D eigenvalue weighted by Crippen LogP contribution is 2.22. The van der Waals surface area contributed by atoms with Crippen molar-refractivity contribution in [1.82, 2.24) is 4.90 Å². The van der Waals surface area contributed by atoms with Crippen LogP contribution >= 0.6 is 12.4 Å². The molecule has 0 spiro atoms. The normalized spacial score (nSPS) is 20.2. The molecule has 0 saturated carbocycles. The molecular formula is C17H25ClN2O4. The molecule has 1 aromatic rings. The summed E-state index contributed by atoms with van der Waals surface area (Å²) in [5.74, 6) is -0.442. The highest BCUT2D eigenvalue weighted by atomic mass is 35.5. The zero-order valence-corrected chi connectivity index (χ0v) is 15.0. The van der Waals surface area contributed by atoms with Crippen molar-refractivity contribution in [3.63, 3.8) is 0 Å². The van der Waals surface area contributed by atoms with Crippen LogP contribution in [0.5, 0.6) is 0 Å². The number of carbonyl (C=O) groups is 2. The molecule has 0 aliphatic carbocycles. The maximum atomic E-state index is 12.3. The number of benzene rings is 1. The van der Waals surface area contributed by atoms with Crippen LogP contribution in [0, 0.1) is 0 Å². The number of carbonyl (C=O) groups excluding carboxylic acids is 2. The Morgan fingerprint density at radius 2 is 1.88 bits per heavy atom. The fourth-order valence-corrected chi connectivity index (χ4v) is 2.47. The zero-order valence-electron chi connectivity index (χ0n) is 14.2. The van der Waals surface area contributed by atoms with Gasteiger partial charge in [-0.15, -0.1) is 12.4 Å². The number of rotatable bonds is 3. The molecule has 1 saturated heterocycles. The van der Waals surface area contributed by atoms with Crippen LogP contribution in [0.3, 0.4) is 0 Å². The first-order valence-electron chi connectivity index (χ1n) is 7.72. The lowest BCUT2D eigenvalue weighted by atomic mass is 10.1. The molecule has 1 aromatic carbocycles. The smallest absolute Gasteiger partial charge is 0.410 e. The molecular weight excluding hydrogens is 332 g/mol. The standard InChI is InChI=1S/C17H24N2O4.ClH/c1-17(2,3)23-15(20)14-9-13(18)10-19(14)16(21)22-11-12-7-5-4-6-8-12;/h4-8,13-14H,9-11,18H2,1-3H3;1H/t13-,14-;/m0./s1. The number of amides is 1. The second-order valence-corrected chi connectivity index (χ2v) is 6.74. The van der Waals surface area contributed by atoms with Crippen LogP contribution in [0.2, 0.25) is 0 Å². The molecule has 1 heterocycles. The van der Waals surface area contributed by atoms with E-state index in [-0.39, 0.29) is 31.6 Å². The molecule has 2 rings (SSSR count). The molecule has 1 aliphatic rings. The van der Waals surface area contributed by atoms with E-state index >= 15 is 0 Å². The third-order valence-corrected chi connectivity index (χ3v) is 3.45. The Labute approximate surface area is 148 Å². The van der Waals surface area contributed by atoms with Crippen LogP contribution in [-0.2, 0) is 20.9 Å². The molecule has 24 heavy (non-hydrogen) atoms. The molecule has 6 nitrogen and oxygen atoms in total. The number of hydrogen-bond donors (Lipinski definition) is 1. The van der Waals surface area contributed by atoms with Gasteiger partial charge in [-0.1, -0.05) is 30.3 Å². The molecule has 0 bridgehead atoms. The van der Waals surface area contributed by atoms with Gasteiger partial charge in [-0.05, 0) is 32.8 Å². The van der Waals surface area contributed by atoms with Gasteiger partial charge in [-0.25, -0.2) is 9.59 Å². The number of likely N-dealkylation sites (tertiary alicyclic amines) is 1. The van der Waals surface area contributed by atoms with Crippen molar-refractivity contribution in [1.29, 1.82) is 0 Å². The van der Waals surface area contributed by atoms with E-state index in [0.717, 1.165) is 5.56 Å². The Balaban J connectivity index is 0.00000288. The minimum atomic E-state index is -0.688. The Morgan fingerprint density at radius 3 is 2.46 bits per heavy atom. The fourth-order valence-electron chi connectivity index (χ4n) is 2.47. The number of nitrogens with zero attached hydrogens (tertiary/aromatic N) is 1. The first kappa shape index (κ1) is 20.3. The molecule has 0 radical (unpaired) electrons. The predicted molar refractivity (Wildman–Crippen MR) is 92.8 cm³/mol. The molecule has 2 N–H and O–H groups in total. The van der Waals surface area contributed by atoms with E-state index in [9.17, 15) is 9.59 Å². The second-order valence-electron chi connectivity index (χ2n) is 6.74. The van der Waals surface area contributed by atoms with Gasteiger partial charge in [0.2, 0.25) is 0 Å². The number of ether oxygens (including phenoxy) is 2. The van der Waals surface area contributed by atoms with Gasteiger partial charge in [-0.3, -0.25) is 4.90 Å². The van der Waals surface area contributed by atoms with Crippen LogP contribution < -0.4 is 5.73 Å². The number of halogens is 1. The van der Waals surface area contributed by atoms with Crippen molar-refractivity contribution >= 4 is 24.5 Å². The van der Waals surface area contributed by atoms with E-state index in [0.29, 0.717) is 6.42 Å². The summed E-state index contributed by atoms with van der Waals surface area (Å²) in [7, 11) is 0. The van der Waals surface area contributed by atoms with Crippen LogP contribution in [0.4, 0.5) is 4.79 Å². The van der Waals surface area contributed by atoms with Gasteiger partial charge in [0.1, 0.15) is 18.2 Å². The van der Waals surface area contributed by atoms with Crippen molar-refractivity contribution in [2.24, 2.45) is 5.73 Å². The summed E-state index contributed by atoms with van der Waals surface area (Å²) in [4.78, 5) is 25.9. The van der Waals surface area contributed by atoms with Gasteiger partial charge in [0, 0.05) is 12.6 Å². The second kappa shape index (κ2) is 8.35. The number of hydrogen-bond acceptors (Lipinski definition) is 5. The van der Waals surface area contributed by atoms with E-state index in [1.165, 1.54) is 4.90 Å². The summed E-state index contributed by atoms with van der Waals surface area (Å²) in [5, 5.41) is 0. The highest BCUT2D eigenvalue weighted by molar-refractivity contribution is 5.85. The van der Waals surface area contributed by atoms with Crippen LogP contribution in [0.25, 0.3) is 0 Å².